The van der Waals surface area contributed by atoms with Crippen molar-refractivity contribution in [3.63, 3.8) is 0 Å². The summed E-state index contributed by atoms with van der Waals surface area (Å²) < 4.78 is 0. The lowest BCUT2D eigenvalue weighted by Crippen LogP contribution is -2.29. The van der Waals surface area contributed by atoms with Gasteiger partial charge >= 0.3 is 11.9 Å². The maximum absolute atomic E-state index is 10.1. The van der Waals surface area contributed by atoms with Crippen LogP contribution < -0.4 is 11.5 Å². The number of nitrogens with two attached hydrogens (primary N) is 2. The molecule has 0 aromatic rings. The van der Waals surface area contributed by atoms with E-state index in [0.717, 1.165) is 25.7 Å². The van der Waals surface area contributed by atoms with Crippen LogP contribution in [0.2, 0.25) is 0 Å². The zero-order chi connectivity index (χ0) is 15.8. The van der Waals surface area contributed by atoms with Crippen molar-refractivity contribution in [1.82, 2.24) is 0 Å². The molecular formula is C14H30N2O4. The Morgan fingerprint density at radius 3 is 2.05 bits per heavy atom. The van der Waals surface area contributed by atoms with Crippen molar-refractivity contribution in [3.8, 4) is 0 Å². The highest BCUT2D eigenvalue weighted by Gasteiger charge is 2.09. The van der Waals surface area contributed by atoms with Crippen LogP contribution >= 0.6 is 0 Å². The number of hydrogen-bond acceptors (Lipinski definition) is 4. The smallest absolute Gasteiger partial charge is 0.320 e. The number of unbranched alkanes of at least 4 members (excludes halogenated alkanes) is 5. The minimum atomic E-state index is -0.933. The summed E-state index contributed by atoms with van der Waals surface area (Å²) in [6.45, 7) is 2.75. The van der Waals surface area contributed by atoms with Crippen molar-refractivity contribution < 1.29 is 19.8 Å². The van der Waals surface area contributed by atoms with Gasteiger partial charge in [0.2, 0.25) is 0 Å². The van der Waals surface area contributed by atoms with E-state index in [4.69, 9.17) is 21.7 Å². The molecule has 0 spiro atoms. The Kier molecular flexibility index (Phi) is 16.8. The molecule has 0 aliphatic carbocycles. The van der Waals surface area contributed by atoms with Crippen LogP contribution in [0.3, 0.4) is 0 Å². The second kappa shape index (κ2) is 15.9. The van der Waals surface area contributed by atoms with Crippen molar-refractivity contribution in [2.75, 3.05) is 6.54 Å². The van der Waals surface area contributed by atoms with Gasteiger partial charge in [-0.15, -0.1) is 0 Å². The first-order valence-corrected chi connectivity index (χ1v) is 7.35. The van der Waals surface area contributed by atoms with Gasteiger partial charge in [0.1, 0.15) is 6.04 Å². The van der Waals surface area contributed by atoms with Crippen LogP contribution in [0.5, 0.6) is 0 Å². The molecule has 0 unspecified atom stereocenters. The van der Waals surface area contributed by atoms with E-state index < -0.39 is 18.0 Å². The first-order chi connectivity index (χ1) is 9.45. The Bertz CT molecular complexity index is 247. The van der Waals surface area contributed by atoms with Crippen LogP contribution in [-0.2, 0) is 9.59 Å². The van der Waals surface area contributed by atoms with Crippen molar-refractivity contribution in [3.05, 3.63) is 0 Å². The van der Waals surface area contributed by atoms with Gasteiger partial charge in [0.25, 0.3) is 0 Å². The quantitative estimate of drug-likeness (QED) is 0.431. The highest BCUT2D eigenvalue weighted by molar-refractivity contribution is 5.72. The van der Waals surface area contributed by atoms with Gasteiger partial charge in [0, 0.05) is 6.42 Å². The Morgan fingerprint density at radius 1 is 1.00 bits per heavy atom. The molecule has 0 heterocycles. The maximum Gasteiger partial charge on any atom is 0.320 e. The minimum absolute atomic E-state index is 0.337. The molecule has 0 amide bonds. The van der Waals surface area contributed by atoms with E-state index in [0.29, 0.717) is 19.4 Å². The average Bonchev–Trinajstić information content (AvgIpc) is 2.39. The summed E-state index contributed by atoms with van der Waals surface area (Å²) in [6.07, 6.45) is 8.05. The Hall–Kier alpha value is -1.14. The molecular weight excluding hydrogens is 260 g/mol. The van der Waals surface area contributed by atoms with Gasteiger partial charge in [-0.05, 0) is 25.8 Å². The van der Waals surface area contributed by atoms with Crippen molar-refractivity contribution in [1.29, 1.82) is 0 Å². The standard InChI is InChI=1S/C8H16O2.C6H14N2O2/c1-2-3-4-5-6-7-8(9)10;7-4-2-1-3-5(8)6(9)10/h2-7H2,1H3,(H,9,10);5H,1-4,7-8H2,(H,9,10)/t;5-/m.0/s1. The number of carbonyl (C=O) groups is 2. The van der Waals surface area contributed by atoms with Crippen molar-refractivity contribution in [2.45, 2.75) is 70.8 Å². The number of hydrogen-bond donors (Lipinski definition) is 4. The van der Waals surface area contributed by atoms with Crippen LogP contribution in [0.1, 0.15) is 64.7 Å². The van der Waals surface area contributed by atoms with Gasteiger partial charge in [0.05, 0.1) is 0 Å². The van der Waals surface area contributed by atoms with Crippen LogP contribution in [0, 0.1) is 0 Å². The molecule has 0 bridgehead atoms. The SMILES string of the molecule is CCCCCCCC(=O)O.NCCCC[C@H](N)C(=O)O. The third kappa shape index (κ3) is 19.2. The molecule has 0 aliphatic rings. The van der Waals surface area contributed by atoms with E-state index in [1.165, 1.54) is 19.3 Å². The lowest BCUT2D eigenvalue weighted by atomic mass is 10.1. The third-order valence-corrected chi connectivity index (χ3v) is 2.78. The average molecular weight is 290 g/mol. The van der Waals surface area contributed by atoms with Gasteiger partial charge in [0.15, 0.2) is 0 Å². The van der Waals surface area contributed by atoms with Gasteiger partial charge < -0.3 is 21.7 Å². The van der Waals surface area contributed by atoms with E-state index in [2.05, 4.69) is 6.92 Å². The molecule has 6 N–H and O–H groups in total. The Balaban J connectivity index is 0. The minimum Gasteiger partial charge on any atom is -0.481 e. The molecule has 6 nitrogen and oxygen atoms in total. The summed E-state index contributed by atoms with van der Waals surface area (Å²) in [6, 6.07) is -0.716. The fourth-order valence-electron chi connectivity index (χ4n) is 1.51. The summed E-state index contributed by atoms with van der Waals surface area (Å²) in [5.41, 5.74) is 10.4. The van der Waals surface area contributed by atoms with Crippen LogP contribution in [0.25, 0.3) is 0 Å². The largest absolute Gasteiger partial charge is 0.481 e. The first-order valence-electron chi connectivity index (χ1n) is 7.35. The summed E-state index contributed by atoms with van der Waals surface area (Å²) in [5.74, 6) is -1.60. The first kappa shape index (κ1) is 21.2. The molecule has 0 aromatic carbocycles. The lowest BCUT2D eigenvalue weighted by Gasteiger charge is -2.03. The molecule has 0 saturated carbocycles. The molecule has 1 atom stereocenters. The monoisotopic (exact) mass is 290 g/mol. The molecule has 0 saturated heterocycles. The van der Waals surface area contributed by atoms with Crippen LogP contribution in [0.15, 0.2) is 0 Å². The molecule has 0 radical (unpaired) electrons. The fraction of sp³-hybridized carbons (Fsp3) is 0.857. The van der Waals surface area contributed by atoms with E-state index in [-0.39, 0.29) is 0 Å². The zero-order valence-electron chi connectivity index (χ0n) is 12.5. The van der Waals surface area contributed by atoms with E-state index in [9.17, 15) is 9.59 Å². The van der Waals surface area contributed by atoms with Crippen molar-refractivity contribution in [2.24, 2.45) is 11.5 Å². The zero-order valence-corrected chi connectivity index (χ0v) is 12.5. The second-order valence-corrected chi connectivity index (χ2v) is 4.79. The lowest BCUT2D eigenvalue weighted by molar-refractivity contribution is -0.139. The Labute approximate surface area is 121 Å². The van der Waals surface area contributed by atoms with E-state index in [1.807, 2.05) is 0 Å². The summed E-state index contributed by atoms with van der Waals surface area (Å²) >= 11 is 0. The third-order valence-electron chi connectivity index (χ3n) is 2.78. The molecule has 0 aliphatic heterocycles. The van der Waals surface area contributed by atoms with Crippen LogP contribution in [-0.4, -0.2) is 34.7 Å². The van der Waals surface area contributed by atoms with Gasteiger partial charge in [-0.1, -0.05) is 39.0 Å². The van der Waals surface area contributed by atoms with E-state index in [1.54, 1.807) is 0 Å². The summed E-state index contributed by atoms with van der Waals surface area (Å²) in [7, 11) is 0. The maximum atomic E-state index is 10.1. The highest BCUT2D eigenvalue weighted by atomic mass is 16.4. The summed E-state index contributed by atoms with van der Waals surface area (Å²) in [4.78, 5) is 20.2. The van der Waals surface area contributed by atoms with Gasteiger partial charge in [-0.25, -0.2) is 0 Å². The number of rotatable bonds is 11. The Morgan fingerprint density at radius 2 is 1.60 bits per heavy atom. The predicted octanol–water partition coefficient (Wildman–Crippen LogP) is 1.96. The molecule has 0 fully saturated rings. The number of carboxylic acid groups (broad SMARTS) is 2. The predicted molar refractivity (Wildman–Crippen MR) is 79.5 cm³/mol. The number of carboxylic acids is 2. The molecule has 0 aromatic heterocycles. The van der Waals surface area contributed by atoms with E-state index >= 15 is 0 Å². The molecule has 6 heteroatoms. The topological polar surface area (TPSA) is 127 Å². The molecule has 20 heavy (non-hydrogen) atoms. The number of aliphatic carboxylic acids is 2. The van der Waals surface area contributed by atoms with Gasteiger partial charge in [-0.2, -0.15) is 0 Å². The fourth-order valence-corrected chi connectivity index (χ4v) is 1.51. The molecule has 0 rings (SSSR count). The second-order valence-electron chi connectivity index (χ2n) is 4.79. The normalized spacial score (nSPS) is 11.3. The summed E-state index contributed by atoms with van der Waals surface area (Å²) in [5, 5.41) is 16.6. The molecule has 120 valence electrons. The highest BCUT2D eigenvalue weighted by Crippen LogP contribution is 2.04. The van der Waals surface area contributed by atoms with Crippen LogP contribution in [0.4, 0.5) is 0 Å². The van der Waals surface area contributed by atoms with Crippen molar-refractivity contribution >= 4 is 11.9 Å². The van der Waals surface area contributed by atoms with Gasteiger partial charge in [-0.3, -0.25) is 9.59 Å².